The fourth-order valence-electron chi connectivity index (χ4n) is 3.46. The van der Waals surface area contributed by atoms with Gasteiger partial charge >= 0.3 is 12.8 Å². The number of aromatic nitrogens is 2. The van der Waals surface area contributed by atoms with Gasteiger partial charge in [-0.3, -0.25) is 9.20 Å². The molecule has 1 aromatic carbocycles. The zero-order chi connectivity index (χ0) is 24.8. The van der Waals surface area contributed by atoms with E-state index in [0.29, 0.717) is 12.6 Å². The molecule has 0 radical (unpaired) electrons. The summed E-state index contributed by atoms with van der Waals surface area (Å²) in [5.74, 6) is -1.08. The molecule has 0 aliphatic heterocycles. The number of nitrogens with one attached hydrogen (secondary N) is 1. The van der Waals surface area contributed by atoms with E-state index in [1.807, 2.05) is 0 Å². The third-order valence-electron chi connectivity index (χ3n) is 5.56. The molecule has 1 amide bonds. The van der Waals surface area contributed by atoms with Crippen LogP contribution in [0.5, 0.6) is 11.5 Å². The predicted molar refractivity (Wildman–Crippen MR) is 110 cm³/mol. The van der Waals surface area contributed by atoms with Crippen molar-refractivity contribution in [2.75, 3.05) is 7.11 Å². The number of carbonyl (C=O) groups is 1. The second kappa shape index (κ2) is 8.42. The maximum atomic E-state index is 13.2. The molecule has 1 aliphatic carbocycles. The van der Waals surface area contributed by atoms with Gasteiger partial charge in [0, 0.05) is 17.8 Å². The molecule has 2 heterocycles. The number of hydrogen-bond donors (Lipinski definition) is 2. The van der Waals surface area contributed by atoms with Crippen molar-refractivity contribution in [2.24, 2.45) is 0 Å². The molecule has 12 heteroatoms. The van der Waals surface area contributed by atoms with Crippen LogP contribution in [0.25, 0.3) is 16.9 Å². The van der Waals surface area contributed by atoms with Crippen molar-refractivity contribution >= 4 is 11.6 Å². The molecule has 2 N–H and O–H groups in total. The lowest BCUT2D eigenvalue weighted by molar-refractivity contribution is -0.258. The Balaban J connectivity index is 1.80. The molecule has 1 unspecified atom stereocenters. The summed E-state index contributed by atoms with van der Waals surface area (Å²) in [6, 6.07) is 4.74. The third-order valence-corrected chi connectivity index (χ3v) is 5.56. The van der Waals surface area contributed by atoms with Gasteiger partial charge in [-0.05, 0) is 49.6 Å². The minimum absolute atomic E-state index is 0.0297. The summed E-state index contributed by atoms with van der Waals surface area (Å²) >= 11 is 0. The zero-order valence-corrected chi connectivity index (χ0v) is 18.0. The second-order valence-corrected chi connectivity index (χ2v) is 8.03. The summed E-state index contributed by atoms with van der Waals surface area (Å²) in [6.45, 7) is -2.59. The van der Waals surface area contributed by atoms with Gasteiger partial charge in [0.25, 0.3) is 5.91 Å². The molecule has 182 valence electrons. The van der Waals surface area contributed by atoms with Gasteiger partial charge in [-0.2, -0.15) is 22.0 Å². The molecular weight excluding hydrogens is 465 g/mol. The molecule has 0 spiro atoms. The van der Waals surface area contributed by atoms with Gasteiger partial charge < -0.3 is 19.9 Å². The van der Waals surface area contributed by atoms with Gasteiger partial charge in [-0.25, -0.2) is 4.98 Å². The van der Waals surface area contributed by atoms with Gasteiger partial charge in [-0.15, -0.1) is 0 Å². The zero-order valence-electron chi connectivity index (χ0n) is 18.0. The van der Waals surface area contributed by atoms with E-state index < -0.39 is 35.6 Å². The van der Waals surface area contributed by atoms with E-state index in [1.165, 1.54) is 36.0 Å². The number of imidazole rings is 1. The monoisotopic (exact) mass is 485 g/mol. The highest BCUT2D eigenvalue weighted by Crippen LogP contribution is 2.40. The first-order valence-electron chi connectivity index (χ1n) is 10.2. The molecule has 4 rings (SSSR count). The first-order chi connectivity index (χ1) is 15.9. The average molecular weight is 485 g/mol. The molecule has 3 aromatic rings. The van der Waals surface area contributed by atoms with Crippen molar-refractivity contribution in [3.05, 3.63) is 47.8 Å². The Kier molecular flexibility index (Phi) is 5.88. The van der Waals surface area contributed by atoms with Crippen LogP contribution < -0.4 is 14.8 Å². The molecule has 1 atom stereocenters. The Labute approximate surface area is 190 Å². The summed E-state index contributed by atoms with van der Waals surface area (Å²) < 4.78 is 77.2. The summed E-state index contributed by atoms with van der Waals surface area (Å²) in [5.41, 5.74) is -3.08. The Morgan fingerprint density at radius 2 is 1.91 bits per heavy atom. The number of alkyl halides is 5. The Hall–Kier alpha value is -3.41. The van der Waals surface area contributed by atoms with Crippen molar-refractivity contribution in [2.45, 2.75) is 44.2 Å². The third kappa shape index (κ3) is 4.37. The van der Waals surface area contributed by atoms with E-state index in [4.69, 9.17) is 4.74 Å². The number of aliphatic hydroxyl groups is 1. The van der Waals surface area contributed by atoms with E-state index in [-0.39, 0.29) is 28.6 Å². The van der Waals surface area contributed by atoms with Crippen LogP contribution in [0.1, 0.15) is 35.7 Å². The van der Waals surface area contributed by atoms with Crippen molar-refractivity contribution in [3.8, 4) is 22.8 Å². The SMILES string of the molecule is COc1cc(-c2cnc3cc(C(C)(O)C(F)(F)F)ccn23)cc(OC(F)F)c1C(=O)NC1CC1. The van der Waals surface area contributed by atoms with Crippen LogP contribution in [0.4, 0.5) is 22.0 Å². The summed E-state index contributed by atoms with van der Waals surface area (Å²) in [5, 5.41) is 12.6. The number of carbonyl (C=O) groups excluding carboxylic acids is 1. The Morgan fingerprint density at radius 1 is 1.24 bits per heavy atom. The van der Waals surface area contributed by atoms with Crippen LogP contribution in [0.3, 0.4) is 0 Å². The number of rotatable bonds is 7. The predicted octanol–water partition coefficient (Wildman–Crippen LogP) is 4.27. The Morgan fingerprint density at radius 3 is 2.50 bits per heavy atom. The lowest BCUT2D eigenvalue weighted by atomic mass is 9.96. The van der Waals surface area contributed by atoms with Crippen LogP contribution in [0.15, 0.2) is 36.7 Å². The van der Waals surface area contributed by atoms with E-state index in [1.54, 1.807) is 0 Å². The summed E-state index contributed by atoms with van der Waals surface area (Å²) in [6.07, 6.45) is -0.774. The smallest absolute Gasteiger partial charge is 0.421 e. The highest BCUT2D eigenvalue weighted by molar-refractivity contribution is 6.01. The largest absolute Gasteiger partial charge is 0.496 e. The number of fused-ring (bicyclic) bond motifs is 1. The number of benzene rings is 1. The van der Waals surface area contributed by atoms with Gasteiger partial charge in [0.15, 0.2) is 5.60 Å². The minimum Gasteiger partial charge on any atom is -0.496 e. The van der Waals surface area contributed by atoms with E-state index in [2.05, 4.69) is 15.0 Å². The van der Waals surface area contributed by atoms with Crippen LogP contribution in [0, 0.1) is 0 Å². The quantitative estimate of drug-likeness (QED) is 0.489. The van der Waals surface area contributed by atoms with Crippen molar-refractivity contribution in [3.63, 3.8) is 0 Å². The molecule has 0 bridgehead atoms. The molecule has 7 nitrogen and oxygen atoms in total. The fourth-order valence-corrected chi connectivity index (χ4v) is 3.46. The maximum Gasteiger partial charge on any atom is 0.421 e. The van der Waals surface area contributed by atoms with E-state index in [9.17, 15) is 31.9 Å². The maximum absolute atomic E-state index is 13.2. The van der Waals surface area contributed by atoms with Crippen molar-refractivity contribution in [1.29, 1.82) is 0 Å². The molecule has 0 saturated heterocycles. The highest BCUT2D eigenvalue weighted by Gasteiger charge is 2.51. The van der Waals surface area contributed by atoms with Gasteiger partial charge in [0.1, 0.15) is 22.7 Å². The van der Waals surface area contributed by atoms with Gasteiger partial charge in [0.2, 0.25) is 0 Å². The number of ether oxygens (including phenoxy) is 2. The molecule has 1 aliphatic rings. The van der Waals surface area contributed by atoms with Crippen molar-refractivity contribution in [1.82, 2.24) is 14.7 Å². The first kappa shape index (κ1) is 23.7. The number of halogens is 5. The van der Waals surface area contributed by atoms with Crippen LogP contribution >= 0.6 is 0 Å². The average Bonchev–Trinajstić information content (AvgIpc) is 3.46. The lowest BCUT2D eigenvalue weighted by Crippen LogP contribution is -2.39. The number of nitrogens with zero attached hydrogens (tertiary/aromatic N) is 2. The Bertz CT molecular complexity index is 1240. The summed E-state index contributed by atoms with van der Waals surface area (Å²) in [4.78, 5) is 16.7. The van der Waals surface area contributed by atoms with Gasteiger partial charge in [0.05, 0.1) is 19.0 Å². The minimum atomic E-state index is -4.91. The molecule has 34 heavy (non-hydrogen) atoms. The number of methoxy groups -OCH3 is 1. The number of pyridine rings is 1. The van der Waals surface area contributed by atoms with E-state index >= 15 is 0 Å². The highest BCUT2D eigenvalue weighted by atomic mass is 19.4. The van der Waals surface area contributed by atoms with Gasteiger partial charge in [-0.1, -0.05) is 0 Å². The van der Waals surface area contributed by atoms with Crippen LogP contribution in [0.2, 0.25) is 0 Å². The topological polar surface area (TPSA) is 85.1 Å². The molecule has 2 aromatic heterocycles. The second-order valence-electron chi connectivity index (χ2n) is 8.03. The van der Waals surface area contributed by atoms with Crippen LogP contribution in [-0.2, 0) is 5.60 Å². The first-order valence-corrected chi connectivity index (χ1v) is 10.2. The standard InChI is InChI=1S/C22H20F5N3O4/c1-21(32,22(25,26)27)12-5-6-30-14(10-28-17(30)9-12)11-7-15(33-2)18(16(8-11)34-20(23)24)19(31)29-13-3-4-13/h5-10,13,20,32H,3-4H2,1-2H3,(H,29,31). The molecule has 1 fully saturated rings. The van der Waals surface area contributed by atoms with E-state index in [0.717, 1.165) is 25.0 Å². The lowest BCUT2D eigenvalue weighted by Gasteiger charge is -2.26. The number of hydrogen-bond acceptors (Lipinski definition) is 5. The van der Waals surface area contributed by atoms with Crippen molar-refractivity contribution < 1.29 is 41.3 Å². The normalized spacial score (nSPS) is 15.9. The molecule has 1 saturated carbocycles. The summed E-state index contributed by atoms with van der Waals surface area (Å²) in [7, 11) is 1.26. The number of amides is 1. The van der Waals surface area contributed by atoms with Crippen LogP contribution in [-0.4, -0.2) is 46.3 Å². The molecular formula is C22H20F5N3O4. The fraction of sp³-hybridized carbons (Fsp3) is 0.364.